The first-order valence-electron chi connectivity index (χ1n) is 7.89. The first-order chi connectivity index (χ1) is 10.7. The molecular weight excluding hydrogens is 282 g/mol. The number of carbonyl (C=O) groups is 1. The van der Waals surface area contributed by atoms with Gasteiger partial charge in [-0.05, 0) is 31.9 Å². The van der Waals surface area contributed by atoms with E-state index in [2.05, 4.69) is 0 Å². The van der Waals surface area contributed by atoms with Crippen molar-refractivity contribution in [2.75, 3.05) is 33.9 Å². The van der Waals surface area contributed by atoms with E-state index < -0.39 is 0 Å². The number of nitrogens with one attached hydrogen (secondary N) is 1. The van der Waals surface area contributed by atoms with E-state index in [9.17, 15) is 4.79 Å². The Morgan fingerprint density at radius 3 is 2.82 bits per heavy atom. The fourth-order valence-electron chi connectivity index (χ4n) is 3.04. The van der Waals surface area contributed by atoms with Crippen molar-refractivity contribution < 1.29 is 23.9 Å². The van der Waals surface area contributed by atoms with Gasteiger partial charge in [-0.15, -0.1) is 0 Å². The number of piperidine rings is 1. The minimum absolute atomic E-state index is 0.0212. The molecule has 0 spiro atoms. The normalized spacial score (nSPS) is 21.2. The van der Waals surface area contributed by atoms with E-state index in [4.69, 9.17) is 14.2 Å². The summed E-state index contributed by atoms with van der Waals surface area (Å²) >= 11 is 0. The molecule has 22 heavy (non-hydrogen) atoms. The fourth-order valence-corrected chi connectivity index (χ4v) is 3.04. The maximum Gasteiger partial charge on any atom is 0.314 e. The second kappa shape index (κ2) is 8.03. The van der Waals surface area contributed by atoms with Crippen molar-refractivity contribution in [2.24, 2.45) is 5.92 Å². The van der Waals surface area contributed by atoms with Crippen LogP contribution in [0.25, 0.3) is 0 Å². The van der Waals surface area contributed by atoms with Gasteiger partial charge in [-0.2, -0.15) is 0 Å². The first-order valence-corrected chi connectivity index (χ1v) is 7.89. The Bertz CT molecular complexity index is 503. The molecule has 122 valence electrons. The van der Waals surface area contributed by atoms with Crippen LogP contribution in [0.4, 0.5) is 0 Å². The van der Waals surface area contributed by atoms with E-state index in [0.29, 0.717) is 6.61 Å². The summed E-state index contributed by atoms with van der Waals surface area (Å²) in [6.07, 6.45) is 1.99. The molecule has 1 heterocycles. The highest BCUT2D eigenvalue weighted by molar-refractivity contribution is 5.72. The van der Waals surface area contributed by atoms with Crippen LogP contribution in [0.1, 0.15) is 25.3 Å². The number of rotatable bonds is 6. The van der Waals surface area contributed by atoms with Gasteiger partial charge >= 0.3 is 5.97 Å². The van der Waals surface area contributed by atoms with Gasteiger partial charge in [0.25, 0.3) is 0 Å². The van der Waals surface area contributed by atoms with Crippen molar-refractivity contribution >= 4 is 5.97 Å². The van der Waals surface area contributed by atoms with Crippen LogP contribution in [0.2, 0.25) is 0 Å². The zero-order valence-corrected chi connectivity index (χ0v) is 13.7. The van der Waals surface area contributed by atoms with Gasteiger partial charge in [-0.1, -0.05) is 0 Å². The molecule has 1 aromatic rings. The Kier molecular flexibility index (Phi) is 6.07. The number of likely N-dealkylation sites (tertiary alicyclic amines) is 1. The third kappa shape index (κ3) is 4.13. The minimum atomic E-state index is -0.0543. The third-order valence-corrected chi connectivity index (χ3v) is 4.17. The number of quaternary nitrogens is 1. The van der Waals surface area contributed by atoms with Crippen LogP contribution in [-0.2, 0) is 16.1 Å². The average Bonchev–Trinajstić information content (AvgIpc) is 2.55. The Hall–Kier alpha value is -1.75. The molecule has 0 bridgehead atoms. The number of hydrogen-bond donors (Lipinski definition) is 1. The molecule has 1 aromatic carbocycles. The van der Waals surface area contributed by atoms with Gasteiger partial charge < -0.3 is 19.1 Å². The van der Waals surface area contributed by atoms with Crippen LogP contribution in [0.15, 0.2) is 18.2 Å². The average molecular weight is 308 g/mol. The molecule has 1 aliphatic heterocycles. The van der Waals surface area contributed by atoms with Crippen LogP contribution in [-0.4, -0.2) is 39.9 Å². The summed E-state index contributed by atoms with van der Waals surface area (Å²) in [5.74, 6) is 1.60. The van der Waals surface area contributed by atoms with Crippen LogP contribution in [0.3, 0.4) is 0 Å². The van der Waals surface area contributed by atoms with Gasteiger partial charge in [-0.3, -0.25) is 4.79 Å². The summed E-state index contributed by atoms with van der Waals surface area (Å²) in [7, 11) is 3.32. The second-order valence-electron chi connectivity index (χ2n) is 5.65. The number of benzene rings is 1. The second-order valence-corrected chi connectivity index (χ2v) is 5.65. The van der Waals surface area contributed by atoms with Crippen molar-refractivity contribution in [3.8, 4) is 11.5 Å². The molecule has 1 fully saturated rings. The van der Waals surface area contributed by atoms with E-state index in [1.54, 1.807) is 14.2 Å². The summed E-state index contributed by atoms with van der Waals surface area (Å²) in [4.78, 5) is 13.3. The summed E-state index contributed by atoms with van der Waals surface area (Å²) in [6.45, 7) is 5.06. The van der Waals surface area contributed by atoms with Gasteiger partial charge in [-0.25, -0.2) is 0 Å². The number of hydrogen-bond acceptors (Lipinski definition) is 4. The Labute approximate surface area is 132 Å². The van der Waals surface area contributed by atoms with E-state index in [0.717, 1.165) is 49.5 Å². The molecule has 2 rings (SSSR count). The quantitative estimate of drug-likeness (QED) is 0.799. The Morgan fingerprint density at radius 2 is 2.14 bits per heavy atom. The van der Waals surface area contributed by atoms with Crippen molar-refractivity contribution in [3.63, 3.8) is 0 Å². The smallest absolute Gasteiger partial charge is 0.314 e. The largest absolute Gasteiger partial charge is 0.497 e. The molecule has 1 aliphatic rings. The van der Waals surface area contributed by atoms with Gasteiger partial charge in [0.15, 0.2) is 0 Å². The predicted molar refractivity (Wildman–Crippen MR) is 83.3 cm³/mol. The molecule has 0 amide bonds. The van der Waals surface area contributed by atoms with E-state index in [1.807, 2.05) is 25.1 Å². The molecular formula is C17H26NO4+. The van der Waals surface area contributed by atoms with E-state index in [1.165, 1.54) is 4.90 Å². The molecule has 1 saturated heterocycles. The van der Waals surface area contributed by atoms with E-state index >= 15 is 0 Å². The monoisotopic (exact) mass is 308 g/mol. The van der Waals surface area contributed by atoms with E-state index in [-0.39, 0.29) is 11.9 Å². The predicted octanol–water partition coefficient (Wildman–Crippen LogP) is 1.06. The van der Waals surface area contributed by atoms with Crippen LogP contribution >= 0.6 is 0 Å². The van der Waals surface area contributed by atoms with Gasteiger partial charge in [0.1, 0.15) is 24.0 Å². The number of esters is 1. The first kappa shape index (κ1) is 16.6. The fraction of sp³-hybridized carbons (Fsp3) is 0.588. The summed E-state index contributed by atoms with van der Waals surface area (Å²) in [5.41, 5.74) is 1.14. The topological polar surface area (TPSA) is 49.2 Å². The van der Waals surface area contributed by atoms with Gasteiger partial charge in [0.2, 0.25) is 0 Å². The molecule has 1 unspecified atom stereocenters. The summed E-state index contributed by atoms with van der Waals surface area (Å²) in [6, 6.07) is 5.89. The molecule has 5 nitrogen and oxygen atoms in total. The highest BCUT2D eigenvalue weighted by Crippen LogP contribution is 2.24. The SMILES string of the molecule is CCOC(=O)[C@H]1CCC[NH+](Cc2ccc(OC)cc2OC)C1. The van der Waals surface area contributed by atoms with Crippen molar-refractivity contribution in [1.82, 2.24) is 0 Å². The van der Waals surface area contributed by atoms with Gasteiger partial charge in [0.05, 0.1) is 33.9 Å². The number of ether oxygens (including phenoxy) is 3. The minimum Gasteiger partial charge on any atom is -0.497 e. The van der Waals surface area contributed by atoms with Crippen LogP contribution in [0, 0.1) is 5.92 Å². The summed E-state index contributed by atoms with van der Waals surface area (Å²) in [5, 5.41) is 0. The lowest BCUT2D eigenvalue weighted by atomic mass is 9.97. The van der Waals surface area contributed by atoms with Crippen molar-refractivity contribution in [2.45, 2.75) is 26.3 Å². The van der Waals surface area contributed by atoms with Crippen LogP contribution in [0.5, 0.6) is 11.5 Å². The maximum absolute atomic E-state index is 11.9. The molecule has 5 heteroatoms. The standard InChI is InChI=1S/C17H25NO4/c1-4-22-17(19)14-6-5-9-18(12-14)11-13-7-8-15(20-2)10-16(13)21-3/h7-8,10,14H,4-6,9,11-12H2,1-3H3/p+1/t14-/m0/s1. The molecule has 0 radical (unpaired) electrons. The Morgan fingerprint density at radius 1 is 1.32 bits per heavy atom. The van der Waals surface area contributed by atoms with Crippen LogP contribution < -0.4 is 14.4 Å². The zero-order valence-electron chi connectivity index (χ0n) is 13.7. The highest BCUT2D eigenvalue weighted by atomic mass is 16.5. The lowest BCUT2D eigenvalue weighted by Gasteiger charge is -2.29. The van der Waals surface area contributed by atoms with Crippen molar-refractivity contribution in [3.05, 3.63) is 23.8 Å². The molecule has 1 N–H and O–H groups in total. The molecule has 0 aromatic heterocycles. The van der Waals surface area contributed by atoms with Crippen molar-refractivity contribution in [1.29, 1.82) is 0 Å². The number of methoxy groups -OCH3 is 2. The lowest BCUT2D eigenvalue weighted by molar-refractivity contribution is -0.921. The number of carbonyl (C=O) groups excluding carboxylic acids is 1. The maximum atomic E-state index is 11.9. The third-order valence-electron chi connectivity index (χ3n) is 4.17. The molecule has 0 aliphatic carbocycles. The molecule has 0 saturated carbocycles. The lowest BCUT2D eigenvalue weighted by Crippen LogP contribution is -3.12. The molecule has 2 atom stereocenters. The Balaban J connectivity index is 2.02. The zero-order chi connectivity index (χ0) is 15.9. The summed E-state index contributed by atoms with van der Waals surface area (Å²) < 4.78 is 15.8. The highest BCUT2D eigenvalue weighted by Gasteiger charge is 2.30. The van der Waals surface area contributed by atoms with Gasteiger partial charge in [0, 0.05) is 11.6 Å².